The van der Waals surface area contributed by atoms with Crippen molar-refractivity contribution in [2.45, 2.75) is 108 Å². The first kappa shape index (κ1) is 27.1. The number of fused-ring (bicyclic) bond motifs is 6. The molecule has 1 aromatic rings. The monoisotopic (exact) mass is 545 g/mol. The summed E-state index contributed by atoms with van der Waals surface area (Å²) in [5.74, 6) is 0.424. The highest BCUT2D eigenvalue weighted by molar-refractivity contribution is 7.90. The molecule has 38 heavy (non-hydrogen) atoms. The van der Waals surface area contributed by atoms with E-state index in [-0.39, 0.29) is 23.6 Å². The van der Waals surface area contributed by atoms with E-state index in [1.54, 1.807) is 0 Å². The van der Waals surface area contributed by atoms with Gasteiger partial charge in [-0.2, -0.15) is 4.72 Å². The highest BCUT2D eigenvalue weighted by atomic mass is 32.2. The highest BCUT2D eigenvalue weighted by Crippen LogP contribution is 2.33. The largest absolute Gasteiger partial charge is 0.357 e. The summed E-state index contributed by atoms with van der Waals surface area (Å²) < 4.78 is 37.2. The van der Waals surface area contributed by atoms with Gasteiger partial charge >= 0.3 is 0 Å². The Hall–Kier alpha value is -1.07. The molecule has 0 amide bonds. The Morgan fingerprint density at radius 3 is 2.47 bits per heavy atom. The maximum absolute atomic E-state index is 13.6. The van der Waals surface area contributed by atoms with Crippen LogP contribution in [0.5, 0.6) is 0 Å². The van der Waals surface area contributed by atoms with Gasteiger partial charge in [0.1, 0.15) is 12.5 Å². The van der Waals surface area contributed by atoms with Crippen LogP contribution in [-0.4, -0.2) is 80.9 Å². The quantitative estimate of drug-likeness (QED) is 0.527. The molecule has 5 fully saturated rings. The molecule has 0 radical (unpaired) electrons. The summed E-state index contributed by atoms with van der Waals surface area (Å²) in [7, 11) is -3.48. The fourth-order valence-electron chi connectivity index (χ4n) is 7.99. The maximum Gasteiger partial charge on any atom is 0.216 e. The zero-order chi connectivity index (χ0) is 26.3. The normalized spacial score (nSPS) is 38.9. The van der Waals surface area contributed by atoms with E-state index in [1.807, 2.05) is 0 Å². The summed E-state index contributed by atoms with van der Waals surface area (Å²) in [4.78, 5) is 5.30. The van der Waals surface area contributed by atoms with E-state index >= 15 is 0 Å². The number of benzene rings is 1. The molecule has 3 N–H and O–H groups in total. The van der Waals surface area contributed by atoms with Crippen molar-refractivity contribution in [2.24, 2.45) is 5.92 Å². The molecule has 6 bridgehead atoms. The van der Waals surface area contributed by atoms with Crippen LogP contribution in [0.3, 0.4) is 0 Å². The number of rotatable bonds is 2. The van der Waals surface area contributed by atoms with Crippen molar-refractivity contribution in [2.75, 3.05) is 32.7 Å². The highest BCUT2D eigenvalue weighted by Gasteiger charge is 2.40. The van der Waals surface area contributed by atoms with E-state index in [9.17, 15) is 8.42 Å². The van der Waals surface area contributed by atoms with Crippen LogP contribution in [-0.2, 0) is 14.8 Å². The first-order valence-electron chi connectivity index (χ1n) is 15.1. The molecule has 3 saturated heterocycles. The van der Waals surface area contributed by atoms with Gasteiger partial charge in [0.25, 0.3) is 0 Å². The van der Waals surface area contributed by atoms with Gasteiger partial charge < -0.3 is 4.74 Å². The Morgan fingerprint density at radius 2 is 1.68 bits per heavy atom. The Kier molecular flexibility index (Phi) is 8.16. The number of hydrogen-bond acceptors (Lipinski definition) is 7. The first-order chi connectivity index (χ1) is 18.3. The third kappa shape index (κ3) is 5.99. The van der Waals surface area contributed by atoms with Gasteiger partial charge in [-0.15, -0.1) is 0 Å². The van der Waals surface area contributed by atoms with E-state index in [1.165, 1.54) is 42.4 Å². The number of nitrogens with zero attached hydrogens (tertiary/aromatic N) is 2. The van der Waals surface area contributed by atoms with Gasteiger partial charge in [-0.25, -0.2) is 8.42 Å². The van der Waals surface area contributed by atoms with Gasteiger partial charge in [-0.3, -0.25) is 20.4 Å². The van der Waals surface area contributed by atoms with Crippen LogP contribution < -0.4 is 15.4 Å². The zero-order valence-electron chi connectivity index (χ0n) is 23.2. The van der Waals surface area contributed by atoms with Crippen molar-refractivity contribution in [3.8, 4) is 0 Å². The van der Waals surface area contributed by atoms with Crippen LogP contribution in [0.4, 0.5) is 0 Å². The standard InChI is InChI=1S/C29H47N5O3S/c1-20-7-5-8-21(2)28(20)26-16-27-31-29(30-26)32-38(35,36)25-12-6-9-22(15-25)17-33-13-14-34(19-24(18-33)37-27)23-10-3-4-11-23/h5,7-8,22-27,29-32H,3-4,6,9-19H2,1-2H3/t22?,24-,25?,26?,27?,29?/m1/s1. The van der Waals surface area contributed by atoms with Crippen molar-refractivity contribution in [1.29, 1.82) is 0 Å². The van der Waals surface area contributed by atoms with Crippen LogP contribution in [0, 0.1) is 19.8 Å². The van der Waals surface area contributed by atoms with Crippen molar-refractivity contribution in [3.63, 3.8) is 0 Å². The summed E-state index contributed by atoms with van der Waals surface area (Å²) in [5.41, 5.74) is 3.71. The van der Waals surface area contributed by atoms with Gasteiger partial charge in [0, 0.05) is 51.2 Å². The van der Waals surface area contributed by atoms with E-state index in [0.29, 0.717) is 12.0 Å². The minimum atomic E-state index is -3.48. The van der Waals surface area contributed by atoms with Crippen molar-refractivity contribution < 1.29 is 13.2 Å². The minimum Gasteiger partial charge on any atom is -0.357 e. The molecule has 2 saturated carbocycles. The third-order valence-corrected chi connectivity index (χ3v) is 11.7. The molecule has 2 aliphatic carbocycles. The van der Waals surface area contributed by atoms with Gasteiger partial charge in [0.15, 0.2) is 0 Å². The van der Waals surface area contributed by atoms with Crippen LogP contribution in [0.1, 0.15) is 80.5 Å². The Balaban J connectivity index is 1.31. The smallest absolute Gasteiger partial charge is 0.216 e. The predicted molar refractivity (Wildman–Crippen MR) is 150 cm³/mol. The lowest BCUT2D eigenvalue weighted by Crippen LogP contribution is -2.64. The zero-order valence-corrected chi connectivity index (χ0v) is 24.0. The number of nitrogens with one attached hydrogen (secondary N) is 3. The number of aryl methyl sites for hydroxylation is 2. The molecule has 5 aliphatic rings. The number of hydrogen-bond donors (Lipinski definition) is 3. The summed E-state index contributed by atoms with van der Waals surface area (Å²) in [6, 6.07) is 7.08. The summed E-state index contributed by atoms with van der Waals surface area (Å²) >= 11 is 0. The summed E-state index contributed by atoms with van der Waals surface area (Å²) in [5, 5.41) is 6.78. The second kappa shape index (κ2) is 11.4. The molecular weight excluding hydrogens is 498 g/mol. The van der Waals surface area contributed by atoms with Crippen LogP contribution in [0.15, 0.2) is 18.2 Å². The molecule has 6 rings (SSSR count). The molecule has 9 heteroatoms. The summed E-state index contributed by atoms with van der Waals surface area (Å²) in [6.07, 6.45) is 8.97. The van der Waals surface area contributed by atoms with Crippen molar-refractivity contribution in [3.05, 3.63) is 34.9 Å². The molecule has 6 unspecified atom stereocenters. The van der Waals surface area contributed by atoms with E-state index in [0.717, 1.165) is 64.8 Å². The molecule has 7 atom stereocenters. The SMILES string of the molecule is Cc1cccc(C)c1C1CC2NC(N1)NS(=O)(=O)C1CCCC(C1)CN1CCN(C3CCCC3)C[C@@H](C1)O2. The molecule has 1 aromatic carbocycles. The van der Waals surface area contributed by atoms with Crippen LogP contribution in [0.25, 0.3) is 0 Å². The van der Waals surface area contributed by atoms with Gasteiger partial charge in [0.2, 0.25) is 10.0 Å². The topological polar surface area (TPSA) is 85.9 Å². The lowest BCUT2D eigenvalue weighted by Gasteiger charge is -2.41. The molecule has 3 heterocycles. The van der Waals surface area contributed by atoms with Crippen molar-refractivity contribution >= 4 is 10.0 Å². The lowest BCUT2D eigenvalue weighted by molar-refractivity contribution is -0.0779. The molecule has 0 aromatic heterocycles. The second-order valence-corrected chi connectivity index (χ2v) is 14.6. The molecule has 3 aliphatic heterocycles. The minimum absolute atomic E-state index is 0.00667. The number of sulfonamides is 1. The third-order valence-electron chi connectivity index (χ3n) is 9.83. The maximum atomic E-state index is 13.6. The fraction of sp³-hybridized carbons (Fsp3) is 0.793. The van der Waals surface area contributed by atoms with E-state index in [2.05, 4.69) is 57.2 Å². The first-order valence-corrected chi connectivity index (χ1v) is 16.6. The predicted octanol–water partition coefficient (Wildman–Crippen LogP) is 2.97. The number of ether oxygens (including phenoxy) is 1. The van der Waals surface area contributed by atoms with Gasteiger partial charge in [0.05, 0.1) is 11.4 Å². The molecule has 0 spiro atoms. The van der Waals surface area contributed by atoms with Crippen LogP contribution >= 0.6 is 0 Å². The Bertz CT molecular complexity index is 1060. The second-order valence-electron chi connectivity index (χ2n) is 12.6. The molecular formula is C29H47N5O3S. The fourth-order valence-corrected chi connectivity index (χ4v) is 9.65. The Labute approximate surface area is 229 Å². The average Bonchev–Trinajstić information content (AvgIpc) is 3.33. The van der Waals surface area contributed by atoms with Crippen molar-refractivity contribution in [1.82, 2.24) is 25.2 Å². The lowest BCUT2D eigenvalue weighted by atomic mass is 9.88. The average molecular weight is 546 g/mol. The summed E-state index contributed by atoms with van der Waals surface area (Å²) in [6.45, 7) is 9.31. The van der Waals surface area contributed by atoms with Gasteiger partial charge in [-0.05, 0) is 68.6 Å². The molecule has 8 nitrogen and oxygen atoms in total. The van der Waals surface area contributed by atoms with Crippen LogP contribution in [0.2, 0.25) is 0 Å². The van der Waals surface area contributed by atoms with E-state index in [4.69, 9.17) is 4.74 Å². The molecule has 212 valence electrons. The van der Waals surface area contributed by atoms with E-state index < -0.39 is 16.3 Å². The Morgan fingerprint density at radius 1 is 0.895 bits per heavy atom. The van der Waals surface area contributed by atoms with Gasteiger partial charge in [-0.1, -0.05) is 37.5 Å².